The standard InChI is InChI=1S/C11H16.C2H6.2CH4/c1-5-11-9(3)7-6-8(2)10(11)4;1-2;;/h6-7H,5H2,1-4H3;1-2H3;2*1H4. The molecule has 0 saturated heterocycles. The first kappa shape index (κ1) is 19.7. The van der Waals surface area contributed by atoms with E-state index in [2.05, 4.69) is 39.8 Å². The van der Waals surface area contributed by atoms with Gasteiger partial charge in [0.05, 0.1) is 0 Å². The van der Waals surface area contributed by atoms with Crippen LogP contribution in [-0.4, -0.2) is 0 Å². The molecule has 0 nitrogen and oxygen atoms in total. The van der Waals surface area contributed by atoms with Crippen LogP contribution in [0.4, 0.5) is 0 Å². The molecule has 0 aliphatic rings. The Bertz CT molecular complexity index is 259. The molecule has 0 aliphatic heterocycles. The Morgan fingerprint density at radius 3 is 1.60 bits per heavy atom. The van der Waals surface area contributed by atoms with E-state index in [9.17, 15) is 0 Å². The average molecular weight is 210 g/mol. The molecular formula is C15H30. The maximum atomic E-state index is 2.22. The van der Waals surface area contributed by atoms with E-state index in [1.54, 1.807) is 0 Å². The third kappa shape index (κ3) is 5.01. The molecule has 0 amide bonds. The van der Waals surface area contributed by atoms with Gasteiger partial charge in [-0.2, -0.15) is 0 Å². The summed E-state index contributed by atoms with van der Waals surface area (Å²) in [5.41, 5.74) is 5.82. The zero-order chi connectivity index (χ0) is 10.4. The second kappa shape index (κ2) is 9.76. The molecule has 0 unspecified atom stereocenters. The zero-order valence-corrected chi connectivity index (χ0v) is 9.86. The minimum Gasteiger partial charge on any atom is -0.0776 e. The van der Waals surface area contributed by atoms with Gasteiger partial charge in [0.1, 0.15) is 0 Å². The monoisotopic (exact) mass is 210 g/mol. The van der Waals surface area contributed by atoms with Gasteiger partial charge in [-0.1, -0.05) is 47.8 Å². The summed E-state index contributed by atoms with van der Waals surface area (Å²) in [6.07, 6.45) is 1.15. The third-order valence-electron chi connectivity index (χ3n) is 2.46. The van der Waals surface area contributed by atoms with Crippen LogP contribution in [0.1, 0.15) is 57.9 Å². The predicted molar refractivity (Wildman–Crippen MR) is 74.8 cm³/mol. The van der Waals surface area contributed by atoms with Crippen molar-refractivity contribution in [2.45, 2.75) is 62.8 Å². The third-order valence-corrected chi connectivity index (χ3v) is 2.46. The molecule has 15 heavy (non-hydrogen) atoms. The van der Waals surface area contributed by atoms with Crippen LogP contribution in [0, 0.1) is 20.8 Å². The molecule has 0 atom stereocenters. The fourth-order valence-corrected chi connectivity index (χ4v) is 1.55. The summed E-state index contributed by atoms with van der Waals surface area (Å²) in [7, 11) is 0. The number of hydrogen-bond donors (Lipinski definition) is 0. The summed E-state index contributed by atoms with van der Waals surface area (Å²) >= 11 is 0. The molecule has 1 rings (SSSR count). The van der Waals surface area contributed by atoms with E-state index in [0.717, 1.165) is 6.42 Å². The molecule has 0 bridgehead atoms. The van der Waals surface area contributed by atoms with Crippen molar-refractivity contribution in [2.24, 2.45) is 0 Å². The van der Waals surface area contributed by atoms with Crippen LogP contribution in [0.15, 0.2) is 12.1 Å². The van der Waals surface area contributed by atoms with E-state index in [1.807, 2.05) is 13.8 Å². The molecular weight excluding hydrogens is 180 g/mol. The van der Waals surface area contributed by atoms with Crippen molar-refractivity contribution in [1.29, 1.82) is 0 Å². The lowest BCUT2D eigenvalue weighted by Crippen LogP contribution is -1.93. The fraction of sp³-hybridized carbons (Fsp3) is 0.600. The van der Waals surface area contributed by atoms with Crippen molar-refractivity contribution < 1.29 is 0 Å². The van der Waals surface area contributed by atoms with Gasteiger partial charge < -0.3 is 0 Å². The molecule has 0 heteroatoms. The summed E-state index contributed by atoms with van der Waals surface area (Å²) in [5.74, 6) is 0. The first-order valence-electron chi connectivity index (χ1n) is 5.22. The van der Waals surface area contributed by atoms with Crippen molar-refractivity contribution in [3.05, 3.63) is 34.4 Å². The minimum atomic E-state index is 0. The van der Waals surface area contributed by atoms with E-state index in [4.69, 9.17) is 0 Å². The van der Waals surface area contributed by atoms with Gasteiger partial charge in [-0.25, -0.2) is 0 Å². The van der Waals surface area contributed by atoms with Gasteiger partial charge in [0.15, 0.2) is 0 Å². The fourth-order valence-electron chi connectivity index (χ4n) is 1.55. The largest absolute Gasteiger partial charge is 0.0776 e. The highest BCUT2D eigenvalue weighted by molar-refractivity contribution is 5.38. The van der Waals surface area contributed by atoms with Crippen molar-refractivity contribution in [3.8, 4) is 0 Å². The average Bonchev–Trinajstić information content (AvgIpc) is 2.16. The summed E-state index contributed by atoms with van der Waals surface area (Å²) in [4.78, 5) is 0. The Kier molecular flexibility index (Phi) is 12.8. The SMILES string of the molecule is C.C.CC.CCc1c(C)ccc(C)c1C. The summed E-state index contributed by atoms with van der Waals surface area (Å²) < 4.78 is 0. The van der Waals surface area contributed by atoms with Crippen LogP contribution in [0.25, 0.3) is 0 Å². The Balaban J connectivity index is -0.000000339. The van der Waals surface area contributed by atoms with Crippen LogP contribution in [0.2, 0.25) is 0 Å². The Morgan fingerprint density at radius 2 is 1.27 bits per heavy atom. The lowest BCUT2D eigenvalue weighted by Gasteiger charge is -2.09. The van der Waals surface area contributed by atoms with Gasteiger partial charge in [0.25, 0.3) is 0 Å². The number of rotatable bonds is 1. The molecule has 0 aromatic heterocycles. The van der Waals surface area contributed by atoms with E-state index >= 15 is 0 Å². The van der Waals surface area contributed by atoms with Crippen LogP contribution < -0.4 is 0 Å². The second-order valence-electron chi connectivity index (χ2n) is 3.16. The van der Waals surface area contributed by atoms with Crippen LogP contribution in [-0.2, 0) is 6.42 Å². The number of hydrogen-bond acceptors (Lipinski definition) is 0. The number of benzene rings is 1. The van der Waals surface area contributed by atoms with Gasteiger partial charge in [-0.15, -0.1) is 0 Å². The van der Waals surface area contributed by atoms with Gasteiger partial charge in [0.2, 0.25) is 0 Å². The van der Waals surface area contributed by atoms with Gasteiger partial charge in [-0.3, -0.25) is 0 Å². The van der Waals surface area contributed by atoms with Crippen LogP contribution in [0.5, 0.6) is 0 Å². The van der Waals surface area contributed by atoms with Crippen molar-refractivity contribution in [2.75, 3.05) is 0 Å². The normalized spacial score (nSPS) is 7.87. The molecule has 1 aromatic rings. The molecule has 0 fully saturated rings. The molecule has 90 valence electrons. The molecule has 0 saturated carbocycles. The Morgan fingerprint density at radius 1 is 0.867 bits per heavy atom. The lowest BCUT2D eigenvalue weighted by atomic mass is 9.97. The van der Waals surface area contributed by atoms with E-state index in [0.29, 0.717) is 0 Å². The first-order valence-corrected chi connectivity index (χ1v) is 5.22. The minimum absolute atomic E-state index is 0. The van der Waals surface area contributed by atoms with E-state index in [-0.39, 0.29) is 14.9 Å². The van der Waals surface area contributed by atoms with E-state index < -0.39 is 0 Å². The number of aryl methyl sites for hydroxylation is 2. The topological polar surface area (TPSA) is 0 Å². The highest BCUT2D eigenvalue weighted by atomic mass is 14.1. The first-order chi connectivity index (χ1) is 6.16. The highest BCUT2D eigenvalue weighted by Crippen LogP contribution is 2.17. The van der Waals surface area contributed by atoms with Gasteiger partial charge in [0, 0.05) is 0 Å². The van der Waals surface area contributed by atoms with Crippen LogP contribution in [0.3, 0.4) is 0 Å². The maximum absolute atomic E-state index is 2.22. The highest BCUT2D eigenvalue weighted by Gasteiger charge is 2.01. The quantitative estimate of drug-likeness (QED) is 0.576. The smallest absolute Gasteiger partial charge is 0.0302 e. The van der Waals surface area contributed by atoms with Crippen molar-refractivity contribution in [3.63, 3.8) is 0 Å². The summed E-state index contributed by atoms with van der Waals surface area (Å²) in [6.45, 7) is 12.8. The molecule has 0 heterocycles. The summed E-state index contributed by atoms with van der Waals surface area (Å²) in [5, 5.41) is 0. The van der Waals surface area contributed by atoms with Gasteiger partial charge in [-0.05, 0) is 49.4 Å². The lowest BCUT2D eigenvalue weighted by molar-refractivity contribution is 1.07. The Hall–Kier alpha value is -0.780. The zero-order valence-electron chi connectivity index (χ0n) is 9.86. The molecule has 0 radical (unpaired) electrons. The maximum Gasteiger partial charge on any atom is -0.0302 e. The molecule has 1 aromatic carbocycles. The second-order valence-corrected chi connectivity index (χ2v) is 3.16. The predicted octanol–water partition coefficient (Wildman–Crippen LogP) is 5.47. The molecule has 0 N–H and O–H groups in total. The Labute approximate surface area is 97.7 Å². The van der Waals surface area contributed by atoms with E-state index in [1.165, 1.54) is 22.3 Å². The summed E-state index contributed by atoms with van der Waals surface area (Å²) in [6, 6.07) is 4.41. The van der Waals surface area contributed by atoms with Crippen LogP contribution >= 0.6 is 0 Å². The van der Waals surface area contributed by atoms with Crippen molar-refractivity contribution in [1.82, 2.24) is 0 Å². The van der Waals surface area contributed by atoms with Crippen molar-refractivity contribution >= 4 is 0 Å². The molecule has 0 aliphatic carbocycles. The van der Waals surface area contributed by atoms with Gasteiger partial charge >= 0.3 is 0 Å². The molecule has 0 spiro atoms.